The molecular weight excluding hydrogens is 620 g/mol. The summed E-state index contributed by atoms with van der Waals surface area (Å²) >= 11 is 6.69. The van der Waals surface area contributed by atoms with Gasteiger partial charge in [-0.25, -0.2) is 8.42 Å². The standard InChI is InChI=1S/C28H28Br2N2O4S/c1-18-14-23-15-22(6-9-26(23)36-18)20-4-2-19(3-5-20)17-31-28(33)21-10-12-32(13-11-21)37(34,35)27-16-24(29)7-8-25(27)30/h2-9,15-16,18,21H,10-14,17H2,1H3,(H,31,33). The van der Waals surface area contributed by atoms with Crippen molar-refractivity contribution in [3.8, 4) is 16.9 Å². The van der Waals surface area contributed by atoms with Gasteiger partial charge < -0.3 is 10.1 Å². The molecule has 2 heterocycles. The van der Waals surface area contributed by atoms with Gasteiger partial charge in [-0.3, -0.25) is 4.79 Å². The quantitative estimate of drug-likeness (QED) is 0.361. The van der Waals surface area contributed by atoms with E-state index in [1.54, 1.807) is 18.2 Å². The molecule has 6 nitrogen and oxygen atoms in total. The highest BCUT2D eigenvalue weighted by Crippen LogP contribution is 2.33. The van der Waals surface area contributed by atoms with E-state index in [2.05, 4.69) is 68.4 Å². The molecule has 2 aliphatic rings. The zero-order valence-corrected chi connectivity index (χ0v) is 24.4. The number of fused-ring (bicyclic) bond motifs is 1. The molecule has 1 unspecified atom stereocenters. The maximum absolute atomic E-state index is 13.1. The van der Waals surface area contributed by atoms with E-state index >= 15 is 0 Å². The molecule has 1 saturated heterocycles. The molecule has 1 fully saturated rings. The molecule has 0 bridgehead atoms. The van der Waals surface area contributed by atoms with Crippen LogP contribution in [0.1, 0.15) is 30.9 Å². The lowest BCUT2D eigenvalue weighted by molar-refractivity contribution is -0.126. The molecule has 194 valence electrons. The Morgan fingerprint density at radius 3 is 2.43 bits per heavy atom. The minimum atomic E-state index is -3.64. The number of carbonyl (C=O) groups excluding carboxylic acids is 1. The lowest BCUT2D eigenvalue weighted by Gasteiger charge is -2.30. The molecule has 2 aliphatic heterocycles. The Morgan fingerprint density at radius 2 is 1.70 bits per heavy atom. The number of sulfonamides is 1. The number of piperidine rings is 1. The average Bonchev–Trinajstić information content (AvgIpc) is 3.28. The summed E-state index contributed by atoms with van der Waals surface area (Å²) in [5.41, 5.74) is 4.55. The third-order valence-corrected chi connectivity index (χ3v) is 10.4. The predicted octanol–water partition coefficient (Wildman–Crippen LogP) is 5.92. The molecule has 1 amide bonds. The largest absolute Gasteiger partial charge is 0.490 e. The number of hydrogen-bond acceptors (Lipinski definition) is 4. The predicted molar refractivity (Wildman–Crippen MR) is 151 cm³/mol. The van der Waals surface area contributed by atoms with Gasteiger partial charge in [-0.05, 0) is 88.3 Å². The smallest absolute Gasteiger partial charge is 0.244 e. The minimum Gasteiger partial charge on any atom is -0.490 e. The topological polar surface area (TPSA) is 75.7 Å². The van der Waals surface area contributed by atoms with E-state index < -0.39 is 10.0 Å². The molecule has 0 aliphatic carbocycles. The number of benzene rings is 3. The third-order valence-electron chi connectivity index (χ3n) is 6.99. The maximum Gasteiger partial charge on any atom is 0.244 e. The zero-order valence-electron chi connectivity index (χ0n) is 20.4. The van der Waals surface area contributed by atoms with Crippen LogP contribution in [0.3, 0.4) is 0 Å². The highest BCUT2D eigenvalue weighted by atomic mass is 79.9. The van der Waals surface area contributed by atoms with Gasteiger partial charge in [-0.2, -0.15) is 4.31 Å². The summed E-state index contributed by atoms with van der Waals surface area (Å²) in [6, 6.07) is 19.6. The van der Waals surface area contributed by atoms with E-state index in [-0.39, 0.29) is 22.8 Å². The van der Waals surface area contributed by atoms with Gasteiger partial charge >= 0.3 is 0 Å². The van der Waals surface area contributed by atoms with E-state index in [0.717, 1.165) is 28.9 Å². The van der Waals surface area contributed by atoms with Crippen molar-refractivity contribution < 1.29 is 17.9 Å². The van der Waals surface area contributed by atoms with E-state index in [1.165, 1.54) is 9.87 Å². The molecular formula is C28H28Br2N2O4S. The number of amides is 1. The van der Waals surface area contributed by atoms with Crippen LogP contribution in [0.15, 0.2) is 74.5 Å². The van der Waals surface area contributed by atoms with Gasteiger partial charge in [-0.15, -0.1) is 0 Å². The Bertz CT molecular complexity index is 1420. The van der Waals surface area contributed by atoms with Gasteiger partial charge in [0.15, 0.2) is 0 Å². The van der Waals surface area contributed by atoms with E-state index in [4.69, 9.17) is 4.74 Å². The Morgan fingerprint density at radius 1 is 1.00 bits per heavy atom. The normalized spacial score (nSPS) is 18.3. The lowest BCUT2D eigenvalue weighted by Crippen LogP contribution is -2.42. The molecule has 9 heteroatoms. The number of carbonyl (C=O) groups is 1. The SMILES string of the molecule is CC1Cc2cc(-c3ccc(CNC(=O)C4CCN(S(=O)(=O)c5cc(Br)ccc5Br)CC4)cc3)ccc2O1. The van der Waals surface area contributed by atoms with Crippen molar-refractivity contribution in [2.45, 2.75) is 43.7 Å². The van der Waals surface area contributed by atoms with E-state index in [0.29, 0.717) is 41.4 Å². The second-order valence-electron chi connectivity index (χ2n) is 9.62. The number of halogens is 2. The first-order chi connectivity index (χ1) is 17.7. The average molecular weight is 648 g/mol. The molecule has 0 aromatic heterocycles. The Labute approximate surface area is 234 Å². The van der Waals surface area contributed by atoms with Crippen LogP contribution in [0, 0.1) is 5.92 Å². The molecule has 3 aromatic carbocycles. The van der Waals surface area contributed by atoms with Crippen LogP contribution in [0.5, 0.6) is 5.75 Å². The summed E-state index contributed by atoms with van der Waals surface area (Å²) in [6.07, 6.45) is 2.15. The van der Waals surface area contributed by atoms with Crippen molar-refractivity contribution in [3.05, 3.63) is 80.7 Å². The van der Waals surface area contributed by atoms with Gasteiger partial charge in [-0.1, -0.05) is 46.3 Å². The molecule has 1 atom stereocenters. The van der Waals surface area contributed by atoms with Crippen molar-refractivity contribution in [1.29, 1.82) is 0 Å². The first-order valence-corrected chi connectivity index (χ1v) is 15.3. The van der Waals surface area contributed by atoms with Crippen molar-refractivity contribution in [1.82, 2.24) is 9.62 Å². The molecule has 5 rings (SSSR count). The van der Waals surface area contributed by atoms with Gasteiger partial charge in [0.2, 0.25) is 15.9 Å². The summed E-state index contributed by atoms with van der Waals surface area (Å²) < 4.78 is 34.7. The highest BCUT2D eigenvalue weighted by Gasteiger charge is 2.33. The number of ether oxygens (including phenoxy) is 1. The Balaban J connectivity index is 1.14. The highest BCUT2D eigenvalue weighted by molar-refractivity contribution is 9.11. The fraction of sp³-hybridized carbons (Fsp3) is 0.321. The molecule has 3 aromatic rings. The Hall–Kier alpha value is -2.20. The van der Waals surface area contributed by atoms with Crippen molar-refractivity contribution in [3.63, 3.8) is 0 Å². The number of hydrogen-bond donors (Lipinski definition) is 1. The summed E-state index contributed by atoms with van der Waals surface area (Å²) in [5.74, 6) is 0.741. The molecule has 37 heavy (non-hydrogen) atoms. The van der Waals surface area contributed by atoms with E-state index in [9.17, 15) is 13.2 Å². The molecule has 0 saturated carbocycles. The van der Waals surface area contributed by atoms with Gasteiger partial charge in [0.1, 0.15) is 11.9 Å². The van der Waals surface area contributed by atoms with Gasteiger partial charge in [0.05, 0.1) is 4.90 Å². The van der Waals surface area contributed by atoms with Gasteiger partial charge in [0.25, 0.3) is 0 Å². The zero-order chi connectivity index (χ0) is 26.2. The van der Waals surface area contributed by atoms with Crippen molar-refractivity contribution in [2.24, 2.45) is 5.92 Å². The third kappa shape index (κ3) is 5.79. The molecule has 0 spiro atoms. The van der Waals surface area contributed by atoms with Gasteiger partial charge in [0, 0.05) is 40.9 Å². The number of nitrogens with one attached hydrogen (secondary N) is 1. The maximum atomic E-state index is 13.1. The minimum absolute atomic E-state index is 0.0301. The number of nitrogens with zero attached hydrogens (tertiary/aromatic N) is 1. The molecule has 0 radical (unpaired) electrons. The first-order valence-electron chi connectivity index (χ1n) is 12.3. The first kappa shape index (κ1) is 26.4. The monoisotopic (exact) mass is 646 g/mol. The van der Waals surface area contributed by atoms with Crippen LogP contribution in [-0.4, -0.2) is 37.8 Å². The summed E-state index contributed by atoms with van der Waals surface area (Å²) in [5, 5.41) is 3.03. The summed E-state index contributed by atoms with van der Waals surface area (Å²) in [6.45, 7) is 3.16. The second kappa shape index (κ2) is 10.9. The molecule has 1 N–H and O–H groups in total. The van der Waals surface area contributed by atoms with Crippen molar-refractivity contribution in [2.75, 3.05) is 13.1 Å². The Kier molecular flexibility index (Phi) is 7.77. The van der Waals surface area contributed by atoms with Crippen LogP contribution in [0.4, 0.5) is 0 Å². The summed E-state index contributed by atoms with van der Waals surface area (Å²) in [4.78, 5) is 13.0. The fourth-order valence-corrected chi connectivity index (χ4v) is 7.86. The fourth-order valence-electron chi connectivity index (χ4n) is 4.92. The summed E-state index contributed by atoms with van der Waals surface area (Å²) in [7, 11) is -3.64. The van der Waals surface area contributed by atoms with Crippen molar-refractivity contribution >= 4 is 47.8 Å². The van der Waals surface area contributed by atoms with Crippen LogP contribution in [0.25, 0.3) is 11.1 Å². The number of rotatable bonds is 6. The van der Waals surface area contributed by atoms with Crippen LogP contribution in [0.2, 0.25) is 0 Å². The second-order valence-corrected chi connectivity index (χ2v) is 13.3. The lowest BCUT2D eigenvalue weighted by atomic mass is 9.97. The van der Waals surface area contributed by atoms with Crippen LogP contribution < -0.4 is 10.1 Å². The van der Waals surface area contributed by atoms with Crippen LogP contribution in [-0.2, 0) is 27.8 Å². The van der Waals surface area contributed by atoms with E-state index in [1.807, 2.05) is 18.2 Å². The van der Waals surface area contributed by atoms with Crippen LogP contribution >= 0.6 is 31.9 Å².